The van der Waals surface area contributed by atoms with Crippen molar-refractivity contribution in [2.75, 3.05) is 11.4 Å². The van der Waals surface area contributed by atoms with Gasteiger partial charge in [-0.05, 0) is 45.4 Å². The lowest BCUT2D eigenvalue weighted by Crippen LogP contribution is -2.34. The van der Waals surface area contributed by atoms with E-state index in [1.165, 1.54) is 55.1 Å². The molecule has 4 heteroatoms. The van der Waals surface area contributed by atoms with Gasteiger partial charge in [0.15, 0.2) is 5.13 Å². The van der Waals surface area contributed by atoms with E-state index in [9.17, 15) is 0 Å². The molecule has 0 bridgehead atoms. The maximum atomic E-state index is 6.04. The second-order valence-corrected chi connectivity index (χ2v) is 7.19. The van der Waals surface area contributed by atoms with Gasteiger partial charge in [-0.15, -0.1) is 11.3 Å². The van der Waals surface area contributed by atoms with E-state index in [1.807, 2.05) is 11.3 Å². The minimum Gasteiger partial charge on any atom is -0.345 e. The van der Waals surface area contributed by atoms with Gasteiger partial charge in [-0.3, -0.25) is 0 Å². The van der Waals surface area contributed by atoms with Crippen molar-refractivity contribution in [1.29, 1.82) is 0 Å². The number of hydrogen-bond donors (Lipinski definition) is 1. The molecule has 0 aromatic carbocycles. The van der Waals surface area contributed by atoms with Crippen LogP contribution >= 0.6 is 11.3 Å². The zero-order valence-corrected chi connectivity index (χ0v) is 12.9. The van der Waals surface area contributed by atoms with Crippen molar-refractivity contribution in [1.82, 2.24) is 4.98 Å². The summed E-state index contributed by atoms with van der Waals surface area (Å²) in [5, 5.41) is 1.22. The molecule has 1 saturated heterocycles. The molecule has 0 spiro atoms. The number of hydrogen-bond acceptors (Lipinski definition) is 4. The van der Waals surface area contributed by atoms with Crippen LogP contribution in [0, 0.1) is 12.8 Å². The van der Waals surface area contributed by atoms with Crippen LogP contribution in [0.1, 0.15) is 62.1 Å². The van der Waals surface area contributed by atoms with Crippen LogP contribution in [0.4, 0.5) is 5.13 Å². The molecule has 0 amide bonds. The Kier molecular flexibility index (Phi) is 3.81. The van der Waals surface area contributed by atoms with E-state index in [2.05, 4.69) is 18.7 Å². The first-order valence-corrected chi connectivity index (χ1v) is 8.48. The first-order valence-electron chi connectivity index (χ1n) is 7.66. The van der Waals surface area contributed by atoms with Crippen molar-refractivity contribution in [3.63, 3.8) is 0 Å². The Balaban J connectivity index is 1.82. The Morgan fingerprint density at radius 2 is 2.00 bits per heavy atom. The first kappa shape index (κ1) is 13.4. The van der Waals surface area contributed by atoms with E-state index in [4.69, 9.17) is 10.7 Å². The largest absolute Gasteiger partial charge is 0.345 e. The summed E-state index contributed by atoms with van der Waals surface area (Å²) >= 11 is 1.82. The van der Waals surface area contributed by atoms with Gasteiger partial charge in [-0.25, -0.2) is 4.98 Å². The van der Waals surface area contributed by atoms with E-state index in [1.54, 1.807) is 0 Å². The molecule has 106 valence electrons. The van der Waals surface area contributed by atoms with Gasteiger partial charge < -0.3 is 10.6 Å². The maximum absolute atomic E-state index is 6.04. The molecule has 2 atom stereocenters. The number of nitrogens with two attached hydrogens (primary N) is 1. The number of aromatic nitrogens is 1. The highest BCUT2D eigenvalue weighted by Gasteiger charge is 2.35. The zero-order chi connectivity index (χ0) is 13.4. The Morgan fingerprint density at radius 1 is 1.26 bits per heavy atom. The average molecular weight is 279 g/mol. The van der Waals surface area contributed by atoms with Crippen LogP contribution in [0.15, 0.2) is 0 Å². The van der Waals surface area contributed by atoms with Gasteiger partial charge in [-0.2, -0.15) is 0 Å². The summed E-state index contributed by atoms with van der Waals surface area (Å²) in [6.45, 7) is 5.34. The maximum Gasteiger partial charge on any atom is 0.186 e. The number of anilines is 1. The van der Waals surface area contributed by atoms with Crippen LogP contribution in [0.25, 0.3) is 0 Å². The SMILES string of the molecule is Cc1nc(N2CCCC2C2CCCC2)sc1C(C)N. The van der Waals surface area contributed by atoms with Crippen molar-refractivity contribution in [3.05, 3.63) is 10.6 Å². The molecule has 2 heterocycles. The first-order chi connectivity index (χ1) is 9.16. The lowest BCUT2D eigenvalue weighted by atomic mass is 9.96. The van der Waals surface area contributed by atoms with Gasteiger partial charge in [0, 0.05) is 23.5 Å². The summed E-state index contributed by atoms with van der Waals surface area (Å²) in [6.07, 6.45) is 8.38. The molecule has 2 N–H and O–H groups in total. The highest BCUT2D eigenvalue weighted by Crippen LogP contribution is 2.40. The van der Waals surface area contributed by atoms with E-state index in [0.29, 0.717) is 0 Å². The van der Waals surface area contributed by atoms with Crippen molar-refractivity contribution < 1.29 is 0 Å². The third-order valence-corrected chi connectivity index (χ3v) is 6.12. The molecule has 3 nitrogen and oxygen atoms in total. The van der Waals surface area contributed by atoms with E-state index < -0.39 is 0 Å². The Morgan fingerprint density at radius 3 is 2.63 bits per heavy atom. The molecule has 2 aliphatic rings. The Bertz CT molecular complexity index is 435. The number of nitrogens with zero attached hydrogens (tertiary/aromatic N) is 2. The third-order valence-electron chi connectivity index (χ3n) is 4.72. The smallest absolute Gasteiger partial charge is 0.186 e. The number of rotatable bonds is 3. The molecule has 2 fully saturated rings. The fourth-order valence-corrected chi connectivity index (χ4v) is 4.90. The highest BCUT2D eigenvalue weighted by atomic mass is 32.1. The van der Waals surface area contributed by atoms with Crippen LogP contribution in [0.2, 0.25) is 0 Å². The van der Waals surface area contributed by atoms with Crippen molar-refractivity contribution in [3.8, 4) is 0 Å². The average Bonchev–Trinajstić information content (AvgIpc) is 3.07. The lowest BCUT2D eigenvalue weighted by molar-refractivity contribution is 0.430. The van der Waals surface area contributed by atoms with Gasteiger partial charge in [-0.1, -0.05) is 12.8 Å². The fraction of sp³-hybridized carbons (Fsp3) is 0.800. The van der Waals surface area contributed by atoms with Crippen LogP contribution in [0.5, 0.6) is 0 Å². The van der Waals surface area contributed by atoms with Crippen molar-refractivity contribution in [2.45, 2.75) is 64.5 Å². The van der Waals surface area contributed by atoms with Crippen molar-refractivity contribution in [2.24, 2.45) is 11.7 Å². The van der Waals surface area contributed by atoms with Gasteiger partial charge in [0.1, 0.15) is 0 Å². The van der Waals surface area contributed by atoms with E-state index >= 15 is 0 Å². The van der Waals surface area contributed by atoms with Crippen molar-refractivity contribution >= 4 is 16.5 Å². The van der Waals surface area contributed by atoms with Crippen LogP contribution in [-0.2, 0) is 0 Å². The van der Waals surface area contributed by atoms with Crippen LogP contribution in [-0.4, -0.2) is 17.6 Å². The lowest BCUT2D eigenvalue weighted by Gasteiger charge is -2.29. The number of thiazole rings is 1. The second kappa shape index (κ2) is 5.41. The summed E-state index contributed by atoms with van der Waals surface area (Å²) in [5.74, 6) is 0.908. The molecule has 1 aromatic rings. The molecular formula is C15H25N3S. The molecular weight excluding hydrogens is 254 g/mol. The molecule has 1 aliphatic heterocycles. The topological polar surface area (TPSA) is 42.2 Å². The van der Waals surface area contributed by atoms with Crippen LogP contribution in [0.3, 0.4) is 0 Å². The summed E-state index contributed by atoms with van der Waals surface area (Å²) in [6, 6.07) is 0.854. The Labute approximate surface area is 120 Å². The predicted molar refractivity (Wildman–Crippen MR) is 81.8 cm³/mol. The highest BCUT2D eigenvalue weighted by molar-refractivity contribution is 7.15. The van der Waals surface area contributed by atoms with Gasteiger partial charge in [0.05, 0.1) is 5.69 Å². The number of aryl methyl sites for hydroxylation is 1. The van der Waals surface area contributed by atoms with E-state index in [-0.39, 0.29) is 6.04 Å². The molecule has 1 aromatic heterocycles. The minimum atomic E-state index is 0.110. The summed E-state index contributed by atoms with van der Waals surface area (Å²) in [7, 11) is 0. The molecule has 19 heavy (non-hydrogen) atoms. The molecule has 3 rings (SSSR count). The molecule has 1 saturated carbocycles. The van der Waals surface area contributed by atoms with Gasteiger partial charge >= 0.3 is 0 Å². The molecule has 0 radical (unpaired) electrons. The summed E-state index contributed by atoms with van der Waals surface area (Å²) < 4.78 is 0. The fourth-order valence-electron chi connectivity index (χ4n) is 3.80. The van der Waals surface area contributed by atoms with E-state index in [0.717, 1.165) is 17.7 Å². The summed E-state index contributed by atoms with van der Waals surface area (Å²) in [4.78, 5) is 8.64. The summed E-state index contributed by atoms with van der Waals surface area (Å²) in [5.41, 5.74) is 7.17. The molecule has 1 aliphatic carbocycles. The van der Waals surface area contributed by atoms with Gasteiger partial charge in [0.25, 0.3) is 0 Å². The molecule has 2 unspecified atom stereocenters. The monoisotopic (exact) mass is 279 g/mol. The third kappa shape index (κ3) is 2.52. The van der Waals surface area contributed by atoms with Gasteiger partial charge in [0.2, 0.25) is 0 Å². The second-order valence-electron chi connectivity index (χ2n) is 6.18. The minimum absolute atomic E-state index is 0.110. The Hall–Kier alpha value is -0.610. The predicted octanol–water partition coefficient (Wildman–Crippen LogP) is 3.63. The quantitative estimate of drug-likeness (QED) is 0.918. The van der Waals surface area contributed by atoms with Crippen LogP contribution < -0.4 is 10.6 Å². The standard InChI is InChI=1S/C15H25N3S/c1-10(16)14-11(2)17-15(19-14)18-9-5-8-13(18)12-6-3-4-7-12/h10,12-13H,3-9,16H2,1-2H3. The zero-order valence-electron chi connectivity index (χ0n) is 12.1. The normalized spacial score (nSPS) is 26.3.